The molecule has 2 N–H and O–H groups in total. The molecular weight excluding hydrogens is 386 g/mol. The maximum atomic E-state index is 12.2. The van der Waals surface area contributed by atoms with Crippen LogP contribution >= 0.6 is 15.9 Å². The molecule has 1 aliphatic rings. The first-order valence-electron chi connectivity index (χ1n) is 7.76. The van der Waals surface area contributed by atoms with E-state index in [-0.39, 0.29) is 24.8 Å². The van der Waals surface area contributed by atoms with Crippen molar-refractivity contribution in [2.45, 2.75) is 6.42 Å². The van der Waals surface area contributed by atoms with Gasteiger partial charge in [-0.05, 0) is 36.4 Å². The molecule has 2 aromatic rings. The second-order valence-corrected chi connectivity index (χ2v) is 6.61. The van der Waals surface area contributed by atoms with E-state index < -0.39 is 11.8 Å². The first kappa shape index (κ1) is 17.2. The molecule has 3 rings (SSSR count). The molecule has 0 spiro atoms. The molecule has 6 nitrogen and oxygen atoms in total. The van der Waals surface area contributed by atoms with Crippen molar-refractivity contribution in [3.8, 4) is 0 Å². The Hall–Kier alpha value is -2.67. The first-order chi connectivity index (χ1) is 12.0. The monoisotopic (exact) mass is 401 g/mol. The van der Waals surface area contributed by atoms with Crippen LogP contribution in [0.1, 0.15) is 16.8 Å². The molecule has 2 aromatic carbocycles. The molecule has 0 aromatic heterocycles. The summed E-state index contributed by atoms with van der Waals surface area (Å²) in [4.78, 5) is 37.9. The maximum absolute atomic E-state index is 12.2. The van der Waals surface area contributed by atoms with Crippen LogP contribution in [0.5, 0.6) is 0 Å². The molecule has 3 amide bonds. The van der Waals surface area contributed by atoms with E-state index in [9.17, 15) is 14.4 Å². The van der Waals surface area contributed by atoms with Gasteiger partial charge in [-0.25, -0.2) is 0 Å². The summed E-state index contributed by atoms with van der Waals surface area (Å²) in [6, 6.07) is 15.9. The fraction of sp³-hybridized carbons (Fsp3) is 0.167. The number of nitrogens with zero attached hydrogens (tertiary/aromatic N) is 1. The number of benzene rings is 2. The van der Waals surface area contributed by atoms with Gasteiger partial charge >= 0.3 is 0 Å². The van der Waals surface area contributed by atoms with Gasteiger partial charge < -0.3 is 4.90 Å². The van der Waals surface area contributed by atoms with Crippen molar-refractivity contribution in [1.29, 1.82) is 0 Å². The summed E-state index contributed by atoms with van der Waals surface area (Å²) in [5, 5.41) is 0. The van der Waals surface area contributed by atoms with Gasteiger partial charge in [0.05, 0.1) is 5.92 Å². The summed E-state index contributed by atoms with van der Waals surface area (Å²) in [7, 11) is 0. The number of hydrogen-bond donors (Lipinski definition) is 2. The van der Waals surface area contributed by atoms with Crippen molar-refractivity contribution in [2.75, 3.05) is 11.4 Å². The average molecular weight is 402 g/mol. The lowest BCUT2D eigenvalue weighted by Crippen LogP contribution is -2.45. The van der Waals surface area contributed by atoms with E-state index >= 15 is 0 Å². The summed E-state index contributed by atoms with van der Waals surface area (Å²) in [5.41, 5.74) is 5.97. The van der Waals surface area contributed by atoms with Gasteiger partial charge in [-0.3, -0.25) is 25.2 Å². The van der Waals surface area contributed by atoms with Gasteiger partial charge in [0.15, 0.2) is 0 Å². The van der Waals surface area contributed by atoms with Crippen molar-refractivity contribution in [3.63, 3.8) is 0 Å². The van der Waals surface area contributed by atoms with Crippen molar-refractivity contribution < 1.29 is 14.4 Å². The number of hydrazine groups is 1. The summed E-state index contributed by atoms with van der Waals surface area (Å²) < 4.78 is 0.917. The Labute approximate surface area is 153 Å². The Balaban J connectivity index is 1.57. The maximum Gasteiger partial charge on any atom is 0.269 e. The lowest BCUT2D eigenvalue weighted by Gasteiger charge is -2.17. The van der Waals surface area contributed by atoms with Gasteiger partial charge in [0.1, 0.15) is 0 Å². The minimum absolute atomic E-state index is 0.114. The number of carbonyl (C=O) groups excluding carboxylic acids is 3. The van der Waals surface area contributed by atoms with Crippen molar-refractivity contribution >= 4 is 39.3 Å². The highest BCUT2D eigenvalue weighted by molar-refractivity contribution is 9.10. The highest BCUT2D eigenvalue weighted by atomic mass is 79.9. The van der Waals surface area contributed by atoms with Crippen molar-refractivity contribution in [2.24, 2.45) is 5.92 Å². The minimum Gasteiger partial charge on any atom is -0.312 e. The van der Waals surface area contributed by atoms with Crippen LogP contribution in [0.15, 0.2) is 59.1 Å². The average Bonchev–Trinajstić information content (AvgIpc) is 3.02. The molecule has 0 saturated carbocycles. The second kappa shape index (κ2) is 7.48. The Kier molecular flexibility index (Phi) is 5.14. The molecule has 0 aliphatic carbocycles. The Morgan fingerprint density at radius 2 is 1.68 bits per heavy atom. The number of rotatable bonds is 3. The number of carbonyl (C=O) groups is 3. The van der Waals surface area contributed by atoms with Gasteiger partial charge in [-0.2, -0.15) is 0 Å². The number of hydrogen-bond acceptors (Lipinski definition) is 3. The third-order valence-electron chi connectivity index (χ3n) is 3.97. The fourth-order valence-electron chi connectivity index (χ4n) is 2.64. The van der Waals surface area contributed by atoms with Crippen LogP contribution in [0.2, 0.25) is 0 Å². The zero-order valence-corrected chi connectivity index (χ0v) is 14.8. The van der Waals surface area contributed by atoms with Crippen LogP contribution in [0.4, 0.5) is 5.69 Å². The fourth-order valence-corrected chi connectivity index (χ4v) is 2.90. The van der Waals surface area contributed by atoms with E-state index in [2.05, 4.69) is 26.8 Å². The normalized spacial score (nSPS) is 16.6. The molecule has 1 aliphatic heterocycles. The van der Waals surface area contributed by atoms with E-state index in [0.29, 0.717) is 5.56 Å². The summed E-state index contributed by atoms with van der Waals surface area (Å²) in [6.45, 7) is 0.285. The minimum atomic E-state index is -0.507. The van der Waals surface area contributed by atoms with Crippen molar-refractivity contribution in [1.82, 2.24) is 10.9 Å². The van der Waals surface area contributed by atoms with Crippen LogP contribution in [0.25, 0.3) is 0 Å². The van der Waals surface area contributed by atoms with Gasteiger partial charge in [-0.1, -0.05) is 34.1 Å². The summed E-state index contributed by atoms with van der Waals surface area (Å²) in [5.74, 6) is -1.40. The van der Waals surface area contributed by atoms with Crippen LogP contribution in [-0.4, -0.2) is 24.3 Å². The second-order valence-electron chi connectivity index (χ2n) is 5.69. The topological polar surface area (TPSA) is 78.5 Å². The number of amides is 3. The Morgan fingerprint density at radius 1 is 1.00 bits per heavy atom. The zero-order valence-electron chi connectivity index (χ0n) is 13.2. The van der Waals surface area contributed by atoms with Gasteiger partial charge in [0.25, 0.3) is 5.91 Å². The third-order valence-corrected chi connectivity index (χ3v) is 4.50. The molecule has 1 fully saturated rings. The summed E-state index contributed by atoms with van der Waals surface area (Å²) in [6.07, 6.45) is 0.114. The lowest BCUT2D eigenvalue weighted by atomic mass is 10.1. The molecule has 7 heteroatoms. The van der Waals surface area contributed by atoms with Gasteiger partial charge in [0.2, 0.25) is 11.8 Å². The van der Waals surface area contributed by atoms with Gasteiger partial charge in [-0.15, -0.1) is 0 Å². The first-order valence-corrected chi connectivity index (χ1v) is 8.55. The number of halogens is 1. The largest absolute Gasteiger partial charge is 0.312 e. The van der Waals surface area contributed by atoms with Gasteiger partial charge in [0, 0.05) is 28.7 Å². The van der Waals surface area contributed by atoms with Crippen LogP contribution in [-0.2, 0) is 9.59 Å². The van der Waals surface area contributed by atoms with Crippen LogP contribution in [0.3, 0.4) is 0 Å². The van der Waals surface area contributed by atoms with E-state index in [0.717, 1.165) is 10.2 Å². The standard InChI is InChI=1S/C18H16BrN3O3/c19-14-6-8-15(9-7-14)22-11-13(10-16(22)23)18(25)21-20-17(24)12-4-2-1-3-5-12/h1-9,13H,10-11H2,(H,20,24)(H,21,25). The lowest BCUT2D eigenvalue weighted by molar-refractivity contribution is -0.126. The molecular formula is C18H16BrN3O3. The van der Waals surface area contributed by atoms with E-state index in [1.165, 1.54) is 0 Å². The highest BCUT2D eigenvalue weighted by Gasteiger charge is 2.35. The smallest absolute Gasteiger partial charge is 0.269 e. The molecule has 0 radical (unpaired) electrons. The zero-order chi connectivity index (χ0) is 17.8. The molecule has 1 atom stereocenters. The molecule has 1 unspecified atom stereocenters. The Bertz CT molecular complexity index is 793. The molecule has 25 heavy (non-hydrogen) atoms. The third kappa shape index (κ3) is 4.06. The highest BCUT2D eigenvalue weighted by Crippen LogP contribution is 2.26. The van der Waals surface area contributed by atoms with E-state index in [4.69, 9.17) is 0 Å². The summed E-state index contributed by atoms with van der Waals surface area (Å²) >= 11 is 3.35. The van der Waals surface area contributed by atoms with E-state index in [1.807, 2.05) is 24.3 Å². The SMILES string of the molecule is O=C(NNC(=O)C1CC(=O)N(c2ccc(Br)cc2)C1)c1ccccc1. The Morgan fingerprint density at radius 3 is 2.36 bits per heavy atom. The van der Waals surface area contributed by atoms with Crippen LogP contribution < -0.4 is 15.8 Å². The van der Waals surface area contributed by atoms with Crippen LogP contribution in [0, 0.1) is 5.92 Å². The van der Waals surface area contributed by atoms with Crippen molar-refractivity contribution in [3.05, 3.63) is 64.6 Å². The molecule has 128 valence electrons. The quantitative estimate of drug-likeness (QED) is 0.774. The predicted octanol–water partition coefficient (Wildman–Crippen LogP) is 2.26. The number of anilines is 1. The number of nitrogens with one attached hydrogen (secondary N) is 2. The molecule has 1 heterocycles. The van der Waals surface area contributed by atoms with E-state index in [1.54, 1.807) is 35.2 Å². The molecule has 1 saturated heterocycles. The predicted molar refractivity (Wildman–Crippen MR) is 96.7 cm³/mol. The molecule has 0 bridgehead atoms.